The molecule has 1 saturated heterocycles. The summed E-state index contributed by atoms with van der Waals surface area (Å²) in [7, 11) is 0. The van der Waals surface area contributed by atoms with Crippen molar-refractivity contribution >= 4 is 27.4 Å². The molecule has 1 N–H and O–H groups in total. The van der Waals surface area contributed by atoms with E-state index in [1.807, 2.05) is 6.07 Å². The van der Waals surface area contributed by atoms with Crippen LogP contribution in [-0.4, -0.2) is 40.5 Å². The highest BCUT2D eigenvalue weighted by Gasteiger charge is 2.22. The van der Waals surface area contributed by atoms with Gasteiger partial charge in [0.25, 0.3) is 0 Å². The number of nitrogens with one attached hydrogen (secondary N) is 1. The van der Waals surface area contributed by atoms with Crippen molar-refractivity contribution in [3.05, 3.63) is 17.8 Å². The molecule has 1 atom stereocenters. The molecule has 5 heteroatoms. The normalized spacial score (nSPS) is 20.6. The molecule has 4 nitrogen and oxygen atoms in total. The van der Waals surface area contributed by atoms with E-state index in [0.29, 0.717) is 6.04 Å². The van der Waals surface area contributed by atoms with Gasteiger partial charge in [-0.25, -0.2) is 9.97 Å². The molecule has 3 heterocycles. The van der Waals surface area contributed by atoms with Crippen LogP contribution in [0.25, 0.3) is 10.2 Å². The van der Waals surface area contributed by atoms with E-state index >= 15 is 0 Å². The lowest BCUT2D eigenvalue weighted by Crippen LogP contribution is -2.34. The molecule has 0 saturated carbocycles. The number of nitrogens with zero attached hydrogens (tertiary/aromatic N) is 3. The predicted molar refractivity (Wildman–Crippen MR) is 76.2 cm³/mol. The van der Waals surface area contributed by atoms with Crippen molar-refractivity contribution in [3.8, 4) is 0 Å². The van der Waals surface area contributed by atoms with Crippen LogP contribution < -0.4 is 5.32 Å². The number of aromatic nitrogens is 2. The standard InChI is InChI=1S/C13H18N4S/c1-2-17-6-3-4-10(17)8-14-13-12-11(5-7-18-12)15-9-16-13/h5,7,9-10H,2-4,6,8H2,1H3,(H,14,15,16). The number of likely N-dealkylation sites (N-methyl/N-ethyl adjacent to an activating group) is 1. The molecule has 0 aliphatic carbocycles. The van der Waals surface area contributed by atoms with Gasteiger partial charge in [-0.15, -0.1) is 11.3 Å². The molecule has 0 radical (unpaired) electrons. The molecule has 2 aromatic rings. The molecule has 18 heavy (non-hydrogen) atoms. The first-order chi connectivity index (χ1) is 8.88. The second kappa shape index (κ2) is 5.20. The molecule has 0 bridgehead atoms. The highest BCUT2D eigenvalue weighted by atomic mass is 32.1. The van der Waals surface area contributed by atoms with Crippen LogP contribution in [0.1, 0.15) is 19.8 Å². The van der Waals surface area contributed by atoms with Crippen LogP contribution in [0, 0.1) is 0 Å². The van der Waals surface area contributed by atoms with E-state index in [4.69, 9.17) is 0 Å². The average Bonchev–Trinajstić information content (AvgIpc) is 3.04. The maximum Gasteiger partial charge on any atom is 0.147 e. The summed E-state index contributed by atoms with van der Waals surface area (Å²) in [5.74, 6) is 0.984. The largest absolute Gasteiger partial charge is 0.367 e. The predicted octanol–water partition coefficient (Wildman–Crippen LogP) is 2.59. The molecule has 1 aliphatic rings. The van der Waals surface area contributed by atoms with Crippen molar-refractivity contribution in [1.29, 1.82) is 0 Å². The molecule has 0 aromatic carbocycles. The van der Waals surface area contributed by atoms with Crippen LogP contribution in [0.3, 0.4) is 0 Å². The highest BCUT2D eigenvalue weighted by Crippen LogP contribution is 2.25. The van der Waals surface area contributed by atoms with E-state index in [9.17, 15) is 0 Å². The summed E-state index contributed by atoms with van der Waals surface area (Å²) in [5.41, 5.74) is 1.04. The van der Waals surface area contributed by atoms with Gasteiger partial charge in [0, 0.05) is 12.6 Å². The number of likely N-dealkylation sites (tertiary alicyclic amines) is 1. The van der Waals surface area contributed by atoms with Crippen LogP contribution in [0.15, 0.2) is 17.8 Å². The average molecular weight is 262 g/mol. The second-order valence-corrected chi connectivity index (χ2v) is 5.58. The summed E-state index contributed by atoms with van der Waals surface area (Å²) in [6.07, 6.45) is 4.25. The first-order valence-electron chi connectivity index (χ1n) is 6.54. The summed E-state index contributed by atoms with van der Waals surface area (Å²) in [6.45, 7) is 5.60. The van der Waals surface area contributed by atoms with Crippen LogP contribution in [0.4, 0.5) is 5.82 Å². The molecular weight excluding hydrogens is 244 g/mol. The quantitative estimate of drug-likeness (QED) is 0.919. The lowest BCUT2D eigenvalue weighted by Gasteiger charge is -2.23. The monoisotopic (exact) mass is 262 g/mol. The van der Waals surface area contributed by atoms with Crippen LogP contribution >= 0.6 is 11.3 Å². The molecular formula is C13H18N4S. The van der Waals surface area contributed by atoms with Gasteiger partial charge in [-0.05, 0) is 37.4 Å². The SMILES string of the molecule is CCN1CCCC1CNc1ncnc2ccsc12. The summed E-state index contributed by atoms with van der Waals surface area (Å²) >= 11 is 1.70. The van der Waals surface area contributed by atoms with Crippen molar-refractivity contribution in [3.63, 3.8) is 0 Å². The van der Waals surface area contributed by atoms with Gasteiger partial charge in [0.05, 0.1) is 10.2 Å². The van der Waals surface area contributed by atoms with E-state index in [1.54, 1.807) is 17.7 Å². The zero-order chi connectivity index (χ0) is 12.4. The van der Waals surface area contributed by atoms with Gasteiger partial charge in [-0.3, -0.25) is 4.90 Å². The number of rotatable bonds is 4. The fraction of sp³-hybridized carbons (Fsp3) is 0.538. The molecule has 3 rings (SSSR count). The third-order valence-corrected chi connectivity index (χ3v) is 4.56. The highest BCUT2D eigenvalue weighted by molar-refractivity contribution is 7.17. The van der Waals surface area contributed by atoms with E-state index in [-0.39, 0.29) is 0 Å². The smallest absolute Gasteiger partial charge is 0.147 e. The Morgan fingerprint density at radius 1 is 1.50 bits per heavy atom. The van der Waals surface area contributed by atoms with Crippen LogP contribution in [0.2, 0.25) is 0 Å². The molecule has 0 amide bonds. The third-order valence-electron chi connectivity index (χ3n) is 3.65. The zero-order valence-electron chi connectivity index (χ0n) is 10.6. The Labute approximate surface area is 111 Å². The lowest BCUT2D eigenvalue weighted by atomic mass is 10.2. The fourth-order valence-electron chi connectivity index (χ4n) is 2.67. The van der Waals surface area contributed by atoms with Crippen molar-refractivity contribution in [2.45, 2.75) is 25.8 Å². The first-order valence-corrected chi connectivity index (χ1v) is 7.42. The topological polar surface area (TPSA) is 41.0 Å². The first kappa shape index (κ1) is 11.9. The van der Waals surface area contributed by atoms with Gasteiger partial charge in [0.2, 0.25) is 0 Å². The number of hydrogen-bond donors (Lipinski definition) is 1. The summed E-state index contributed by atoms with van der Waals surface area (Å²) in [4.78, 5) is 11.2. The summed E-state index contributed by atoms with van der Waals surface area (Å²) < 4.78 is 1.17. The van der Waals surface area contributed by atoms with Crippen molar-refractivity contribution in [1.82, 2.24) is 14.9 Å². The van der Waals surface area contributed by atoms with Gasteiger partial charge in [0.1, 0.15) is 12.1 Å². The van der Waals surface area contributed by atoms with Gasteiger partial charge >= 0.3 is 0 Å². The van der Waals surface area contributed by atoms with Crippen molar-refractivity contribution in [2.75, 3.05) is 25.0 Å². The van der Waals surface area contributed by atoms with Crippen molar-refractivity contribution in [2.24, 2.45) is 0 Å². The minimum absolute atomic E-state index is 0.653. The third kappa shape index (κ3) is 2.20. The molecule has 1 aliphatic heterocycles. The van der Waals surface area contributed by atoms with Crippen molar-refractivity contribution < 1.29 is 0 Å². The molecule has 1 fully saturated rings. The summed E-state index contributed by atoms with van der Waals surface area (Å²) in [6, 6.07) is 2.70. The van der Waals surface area contributed by atoms with E-state index in [0.717, 1.165) is 24.4 Å². The van der Waals surface area contributed by atoms with E-state index in [1.165, 1.54) is 24.1 Å². The Kier molecular flexibility index (Phi) is 3.43. The van der Waals surface area contributed by atoms with Crippen LogP contribution in [-0.2, 0) is 0 Å². The molecule has 96 valence electrons. The Morgan fingerprint density at radius 3 is 3.33 bits per heavy atom. The maximum atomic E-state index is 4.36. The summed E-state index contributed by atoms with van der Waals surface area (Å²) in [5, 5.41) is 5.57. The zero-order valence-corrected chi connectivity index (χ0v) is 11.4. The Morgan fingerprint density at radius 2 is 2.44 bits per heavy atom. The minimum atomic E-state index is 0.653. The number of hydrogen-bond acceptors (Lipinski definition) is 5. The van der Waals surface area contributed by atoms with Crippen LogP contribution in [0.5, 0.6) is 0 Å². The van der Waals surface area contributed by atoms with Gasteiger partial charge in [-0.1, -0.05) is 6.92 Å². The maximum absolute atomic E-state index is 4.36. The number of anilines is 1. The number of fused-ring (bicyclic) bond motifs is 1. The molecule has 2 aromatic heterocycles. The number of thiophene rings is 1. The minimum Gasteiger partial charge on any atom is -0.367 e. The van der Waals surface area contributed by atoms with Gasteiger partial charge in [-0.2, -0.15) is 0 Å². The second-order valence-electron chi connectivity index (χ2n) is 4.66. The Bertz CT molecular complexity index is 524. The van der Waals surface area contributed by atoms with E-state index in [2.05, 4.69) is 32.5 Å². The van der Waals surface area contributed by atoms with E-state index < -0.39 is 0 Å². The molecule has 1 unspecified atom stereocenters. The molecule has 0 spiro atoms. The Hall–Kier alpha value is -1.20. The van der Waals surface area contributed by atoms with Gasteiger partial charge < -0.3 is 5.32 Å². The lowest BCUT2D eigenvalue weighted by molar-refractivity contribution is 0.277. The van der Waals surface area contributed by atoms with Gasteiger partial charge in [0.15, 0.2) is 0 Å². The fourth-order valence-corrected chi connectivity index (χ4v) is 3.48. The Balaban J connectivity index is 1.71.